The molecule has 20 heavy (non-hydrogen) atoms. The first-order chi connectivity index (χ1) is 9.60. The highest BCUT2D eigenvalue weighted by molar-refractivity contribution is 5.42. The van der Waals surface area contributed by atoms with Crippen molar-refractivity contribution in [2.24, 2.45) is 5.84 Å². The summed E-state index contributed by atoms with van der Waals surface area (Å²) < 4.78 is 6.89. The number of aromatic nitrogens is 4. The smallest absolute Gasteiger partial charge is 0.159 e. The van der Waals surface area contributed by atoms with Gasteiger partial charge < -0.3 is 10.2 Å². The number of aryl methyl sites for hydroxylation is 1. The van der Waals surface area contributed by atoms with Gasteiger partial charge in [-0.05, 0) is 25.8 Å². The van der Waals surface area contributed by atoms with E-state index in [0.29, 0.717) is 24.1 Å². The lowest BCUT2D eigenvalue weighted by atomic mass is 10.1. The molecule has 0 aromatic carbocycles. The van der Waals surface area contributed by atoms with E-state index in [2.05, 4.69) is 27.4 Å². The fraction of sp³-hybridized carbons (Fsp3) is 0.462. The van der Waals surface area contributed by atoms with Crippen LogP contribution in [0, 0.1) is 13.8 Å². The number of hydrogen-bond donors (Lipinski definition) is 2. The number of nitrogen functional groups attached to an aromatic ring is 1. The molecule has 0 saturated carbocycles. The second-order valence-electron chi connectivity index (χ2n) is 4.52. The molecule has 2 aromatic rings. The van der Waals surface area contributed by atoms with Crippen LogP contribution < -0.4 is 11.3 Å². The van der Waals surface area contributed by atoms with Crippen LogP contribution >= 0.6 is 0 Å². The summed E-state index contributed by atoms with van der Waals surface area (Å²) in [5.41, 5.74) is 5.87. The van der Waals surface area contributed by atoms with E-state index >= 15 is 0 Å². The molecule has 0 bridgehead atoms. The van der Waals surface area contributed by atoms with Crippen LogP contribution in [0.5, 0.6) is 0 Å². The minimum absolute atomic E-state index is 0.322. The third-order valence-corrected chi connectivity index (χ3v) is 3.19. The molecule has 2 rings (SSSR count). The van der Waals surface area contributed by atoms with Crippen LogP contribution in [-0.2, 0) is 17.8 Å². The maximum Gasteiger partial charge on any atom is 0.159 e. The SMILES string of the molecule is CCc1c(C)nn(-c2cc(NN)nc(COC)n2)c1C. The lowest BCUT2D eigenvalue weighted by molar-refractivity contribution is 0.178. The molecule has 0 unspecified atom stereocenters. The Hall–Kier alpha value is -1.99. The summed E-state index contributed by atoms with van der Waals surface area (Å²) in [6.45, 7) is 6.47. The summed E-state index contributed by atoms with van der Waals surface area (Å²) in [6, 6.07) is 1.76. The Labute approximate surface area is 118 Å². The first-order valence-corrected chi connectivity index (χ1v) is 6.49. The molecular weight excluding hydrogens is 256 g/mol. The molecular formula is C13H20N6O. The Bertz CT molecular complexity index is 607. The number of hydrogen-bond acceptors (Lipinski definition) is 6. The topological polar surface area (TPSA) is 90.9 Å². The third kappa shape index (κ3) is 2.63. The zero-order chi connectivity index (χ0) is 14.7. The van der Waals surface area contributed by atoms with Crippen LogP contribution in [-0.4, -0.2) is 26.9 Å². The van der Waals surface area contributed by atoms with Gasteiger partial charge in [-0.15, -0.1) is 0 Å². The van der Waals surface area contributed by atoms with Crippen LogP contribution in [0.3, 0.4) is 0 Å². The zero-order valence-corrected chi connectivity index (χ0v) is 12.3. The van der Waals surface area contributed by atoms with Gasteiger partial charge in [0.15, 0.2) is 11.6 Å². The number of rotatable bonds is 5. The normalized spacial score (nSPS) is 10.8. The highest BCUT2D eigenvalue weighted by atomic mass is 16.5. The summed E-state index contributed by atoms with van der Waals surface area (Å²) in [5, 5.41) is 4.54. The predicted molar refractivity (Wildman–Crippen MR) is 76.5 cm³/mol. The molecule has 0 aliphatic heterocycles. The molecule has 7 nitrogen and oxygen atoms in total. The molecule has 0 fully saturated rings. The van der Waals surface area contributed by atoms with Gasteiger partial charge in [-0.1, -0.05) is 6.92 Å². The summed E-state index contributed by atoms with van der Waals surface area (Å²) in [5.74, 6) is 7.22. The van der Waals surface area contributed by atoms with Crippen molar-refractivity contribution in [3.05, 3.63) is 28.8 Å². The van der Waals surface area contributed by atoms with Gasteiger partial charge in [0.1, 0.15) is 12.4 Å². The lowest BCUT2D eigenvalue weighted by Crippen LogP contribution is -2.13. The minimum atomic E-state index is 0.322. The van der Waals surface area contributed by atoms with Crippen molar-refractivity contribution in [2.45, 2.75) is 33.8 Å². The summed E-state index contributed by atoms with van der Waals surface area (Å²) in [4.78, 5) is 8.69. The number of nitrogens with two attached hydrogens (primary N) is 1. The van der Waals surface area contributed by atoms with E-state index in [1.807, 2.05) is 18.5 Å². The largest absolute Gasteiger partial charge is 0.377 e. The third-order valence-electron chi connectivity index (χ3n) is 3.19. The molecule has 0 aliphatic rings. The van der Waals surface area contributed by atoms with Gasteiger partial charge in [-0.25, -0.2) is 20.5 Å². The van der Waals surface area contributed by atoms with Gasteiger partial charge in [-0.2, -0.15) is 5.10 Å². The summed E-state index contributed by atoms with van der Waals surface area (Å²) in [7, 11) is 1.60. The molecule has 0 atom stereocenters. The average Bonchev–Trinajstić information content (AvgIpc) is 2.73. The van der Waals surface area contributed by atoms with Crippen molar-refractivity contribution in [3.8, 4) is 5.82 Å². The van der Waals surface area contributed by atoms with Gasteiger partial charge >= 0.3 is 0 Å². The van der Waals surface area contributed by atoms with E-state index in [4.69, 9.17) is 10.6 Å². The van der Waals surface area contributed by atoms with Gasteiger partial charge in [0.2, 0.25) is 0 Å². The quantitative estimate of drug-likeness (QED) is 0.631. The molecule has 2 aromatic heterocycles. The Kier molecular flexibility index (Phi) is 4.31. The molecule has 0 spiro atoms. The van der Waals surface area contributed by atoms with Crippen molar-refractivity contribution in [1.82, 2.24) is 19.7 Å². The van der Waals surface area contributed by atoms with Crippen LogP contribution in [0.15, 0.2) is 6.07 Å². The highest BCUT2D eigenvalue weighted by Gasteiger charge is 2.14. The van der Waals surface area contributed by atoms with Gasteiger partial charge in [0, 0.05) is 18.9 Å². The molecule has 0 aliphatic carbocycles. The predicted octanol–water partition coefficient (Wildman–Crippen LogP) is 1.27. The monoisotopic (exact) mass is 276 g/mol. The van der Waals surface area contributed by atoms with Crippen LogP contribution in [0.4, 0.5) is 5.82 Å². The Morgan fingerprint density at radius 2 is 2.10 bits per heavy atom. The molecule has 2 heterocycles. The van der Waals surface area contributed by atoms with E-state index in [-0.39, 0.29) is 0 Å². The van der Waals surface area contributed by atoms with E-state index in [1.165, 1.54) is 5.56 Å². The second kappa shape index (κ2) is 5.98. The van der Waals surface area contributed by atoms with Gasteiger partial charge in [0.05, 0.1) is 5.69 Å². The standard InChI is InChI=1S/C13H20N6O/c1-5-10-8(2)18-19(9(10)3)13-6-11(17-14)15-12(16-13)7-20-4/h6H,5,7,14H2,1-4H3,(H,15,16,17). The fourth-order valence-electron chi connectivity index (χ4n) is 2.27. The highest BCUT2D eigenvalue weighted by Crippen LogP contribution is 2.18. The van der Waals surface area contributed by atoms with E-state index in [0.717, 1.165) is 17.8 Å². The number of anilines is 1. The number of methoxy groups -OCH3 is 1. The Morgan fingerprint density at radius 3 is 2.65 bits per heavy atom. The lowest BCUT2D eigenvalue weighted by Gasteiger charge is -2.09. The first kappa shape index (κ1) is 14.4. The van der Waals surface area contributed by atoms with Crippen LogP contribution in [0.1, 0.15) is 29.7 Å². The average molecular weight is 276 g/mol. The van der Waals surface area contributed by atoms with Crippen molar-refractivity contribution in [1.29, 1.82) is 0 Å². The minimum Gasteiger partial charge on any atom is -0.377 e. The van der Waals surface area contributed by atoms with Crippen molar-refractivity contribution in [2.75, 3.05) is 12.5 Å². The molecule has 7 heteroatoms. The molecule has 0 amide bonds. The zero-order valence-electron chi connectivity index (χ0n) is 12.3. The molecule has 108 valence electrons. The van der Waals surface area contributed by atoms with Gasteiger partial charge in [0.25, 0.3) is 0 Å². The Morgan fingerprint density at radius 1 is 1.35 bits per heavy atom. The second-order valence-corrected chi connectivity index (χ2v) is 4.52. The number of hydrazine groups is 1. The van der Waals surface area contributed by atoms with Gasteiger partial charge in [-0.3, -0.25) is 0 Å². The number of nitrogens with zero attached hydrogens (tertiary/aromatic N) is 4. The van der Waals surface area contributed by atoms with E-state index in [9.17, 15) is 0 Å². The van der Waals surface area contributed by atoms with Crippen LogP contribution in [0.25, 0.3) is 5.82 Å². The maximum absolute atomic E-state index is 5.45. The number of ether oxygens (including phenoxy) is 1. The van der Waals surface area contributed by atoms with Crippen molar-refractivity contribution in [3.63, 3.8) is 0 Å². The first-order valence-electron chi connectivity index (χ1n) is 6.49. The molecule has 0 radical (unpaired) electrons. The summed E-state index contributed by atoms with van der Waals surface area (Å²) in [6.07, 6.45) is 0.940. The van der Waals surface area contributed by atoms with E-state index in [1.54, 1.807) is 13.2 Å². The fourth-order valence-corrected chi connectivity index (χ4v) is 2.27. The van der Waals surface area contributed by atoms with Crippen LogP contribution in [0.2, 0.25) is 0 Å². The number of nitrogens with one attached hydrogen (secondary N) is 1. The summed E-state index contributed by atoms with van der Waals surface area (Å²) >= 11 is 0. The van der Waals surface area contributed by atoms with Crippen molar-refractivity contribution < 1.29 is 4.74 Å². The van der Waals surface area contributed by atoms with Crippen molar-refractivity contribution >= 4 is 5.82 Å². The molecule has 0 saturated heterocycles. The maximum atomic E-state index is 5.45. The van der Waals surface area contributed by atoms with E-state index < -0.39 is 0 Å². The molecule has 3 N–H and O–H groups in total. The Balaban J connectivity index is 2.54.